The molecular weight excluding hydrogens is 306 g/mol. The largest absolute Gasteiger partial charge is 0.491 e. The highest BCUT2D eigenvalue weighted by Crippen LogP contribution is 2.21. The maximum Gasteiger partial charge on any atom is 0.309 e. The summed E-state index contributed by atoms with van der Waals surface area (Å²) in [5.41, 5.74) is 2.29. The fraction of sp³-hybridized carbons (Fsp3) is 0.632. The first-order valence-electron chi connectivity index (χ1n) is 8.77. The summed E-state index contributed by atoms with van der Waals surface area (Å²) in [5.74, 6) is 0.746. The number of hydrogen-bond donors (Lipinski definition) is 1. The van der Waals surface area contributed by atoms with E-state index in [1.54, 1.807) is 0 Å². The molecule has 0 aliphatic carbocycles. The molecule has 1 saturated heterocycles. The molecule has 0 spiro atoms. The fourth-order valence-corrected chi connectivity index (χ4v) is 3.03. The Hall–Kier alpha value is -1.59. The Morgan fingerprint density at radius 2 is 2.04 bits per heavy atom. The van der Waals surface area contributed by atoms with Crippen molar-refractivity contribution < 1.29 is 19.4 Å². The van der Waals surface area contributed by atoms with E-state index >= 15 is 0 Å². The number of carbonyl (C=O) groups is 1. The van der Waals surface area contributed by atoms with Gasteiger partial charge in [0.25, 0.3) is 0 Å². The van der Waals surface area contributed by atoms with Crippen LogP contribution in [-0.4, -0.2) is 54.9 Å². The number of hydrogen-bond acceptors (Lipinski definition) is 5. The third-order valence-electron chi connectivity index (χ3n) is 4.66. The molecule has 1 heterocycles. The van der Waals surface area contributed by atoms with Gasteiger partial charge in [-0.05, 0) is 63.9 Å². The molecule has 0 radical (unpaired) electrons. The molecule has 5 nitrogen and oxygen atoms in total. The fourth-order valence-electron chi connectivity index (χ4n) is 3.03. The SMILES string of the molecule is CCOC(=O)C1CCN(C[C@H](O)COc2cccc(C)c2C)CC1. The van der Waals surface area contributed by atoms with Crippen LogP contribution < -0.4 is 4.74 Å². The van der Waals surface area contributed by atoms with Crippen molar-refractivity contribution in [2.45, 2.75) is 39.7 Å². The molecule has 1 N–H and O–H groups in total. The number of esters is 1. The number of aliphatic hydroxyl groups is 1. The van der Waals surface area contributed by atoms with E-state index in [2.05, 4.69) is 4.90 Å². The Balaban J connectivity index is 1.73. The van der Waals surface area contributed by atoms with Gasteiger partial charge in [-0.1, -0.05) is 12.1 Å². The van der Waals surface area contributed by atoms with Crippen molar-refractivity contribution in [1.29, 1.82) is 0 Å². The summed E-state index contributed by atoms with van der Waals surface area (Å²) in [4.78, 5) is 13.9. The zero-order valence-corrected chi connectivity index (χ0v) is 15.0. The smallest absolute Gasteiger partial charge is 0.309 e. The Morgan fingerprint density at radius 3 is 2.71 bits per heavy atom. The van der Waals surface area contributed by atoms with Gasteiger partial charge < -0.3 is 19.5 Å². The lowest BCUT2D eigenvalue weighted by molar-refractivity contribution is -0.149. The highest BCUT2D eigenvalue weighted by molar-refractivity contribution is 5.72. The molecule has 1 fully saturated rings. The first-order valence-corrected chi connectivity index (χ1v) is 8.77. The van der Waals surface area contributed by atoms with Crippen LogP contribution in [0, 0.1) is 19.8 Å². The molecule has 134 valence electrons. The number of likely N-dealkylation sites (tertiary alicyclic amines) is 1. The molecule has 0 unspecified atom stereocenters. The Morgan fingerprint density at radius 1 is 1.33 bits per heavy atom. The van der Waals surface area contributed by atoms with E-state index in [-0.39, 0.29) is 18.5 Å². The highest BCUT2D eigenvalue weighted by Gasteiger charge is 2.26. The first kappa shape index (κ1) is 18.7. The molecule has 0 amide bonds. The summed E-state index contributed by atoms with van der Waals surface area (Å²) >= 11 is 0. The van der Waals surface area contributed by atoms with Gasteiger partial charge in [0.05, 0.1) is 12.5 Å². The van der Waals surface area contributed by atoms with Crippen molar-refractivity contribution >= 4 is 5.97 Å². The Kier molecular flexibility index (Phi) is 7.06. The average Bonchev–Trinajstić information content (AvgIpc) is 2.57. The normalized spacial score (nSPS) is 17.5. The van der Waals surface area contributed by atoms with Gasteiger partial charge in [0, 0.05) is 6.54 Å². The molecule has 1 aliphatic heterocycles. The summed E-state index contributed by atoms with van der Waals surface area (Å²) in [7, 11) is 0. The molecule has 1 aromatic rings. The molecule has 2 rings (SSSR count). The minimum atomic E-state index is -0.538. The monoisotopic (exact) mass is 335 g/mol. The van der Waals surface area contributed by atoms with Gasteiger partial charge in [-0.25, -0.2) is 0 Å². The van der Waals surface area contributed by atoms with Crippen molar-refractivity contribution in [2.24, 2.45) is 5.92 Å². The number of rotatable bonds is 7. The van der Waals surface area contributed by atoms with E-state index in [0.29, 0.717) is 13.2 Å². The molecule has 1 atom stereocenters. The average molecular weight is 335 g/mol. The molecule has 24 heavy (non-hydrogen) atoms. The van der Waals surface area contributed by atoms with Crippen molar-refractivity contribution in [3.05, 3.63) is 29.3 Å². The van der Waals surface area contributed by atoms with Crippen LogP contribution in [0.2, 0.25) is 0 Å². The molecule has 0 aromatic heterocycles. The van der Waals surface area contributed by atoms with Crippen LogP contribution in [0.3, 0.4) is 0 Å². The second-order valence-electron chi connectivity index (χ2n) is 6.49. The number of benzene rings is 1. The van der Waals surface area contributed by atoms with Crippen LogP contribution in [0.5, 0.6) is 5.75 Å². The van der Waals surface area contributed by atoms with Crippen molar-refractivity contribution in [1.82, 2.24) is 4.90 Å². The van der Waals surface area contributed by atoms with Gasteiger partial charge in [-0.2, -0.15) is 0 Å². The highest BCUT2D eigenvalue weighted by atomic mass is 16.5. The summed E-state index contributed by atoms with van der Waals surface area (Å²) in [5, 5.41) is 10.2. The zero-order valence-electron chi connectivity index (χ0n) is 15.0. The van der Waals surface area contributed by atoms with Crippen LogP contribution in [-0.2, 0) is 9.53 Å². The van der Waals surface area contributed by atoms with Gasteiger partial charge in [0.1, 0.15) is 18.5 Å². The van der Waals surface area contributed by atoms with Crippen LogP contribution in [0.15, 0.2) is 18.2 Å². The molecular formula is C19H29NO4. The van der Waals surface area contributed by atoms with Gasteiger partial charge in [0.15, 0.2) is 0 Å². The lowest BCUT2D eigenvalue weighted by atomic mass is 9.97. The second-order valence-corrected chi connectivity index (χ2v) is 6.49. The molecule has 0 saturated carbocycles. The zero-order chi connectivity index (χ0) is 17.5. The summed E-state index contributed by atoms with van der Waals surface area (Å²) in [6.45, 7) is 8.81. The molecule has 1 aromatic carbocycles. The number of aryl methyl sites for hydroxylation is 1. The Labute approximate surface area is 144 Å². The molecule has 0 bridgehead atoms. The van der Waals surface area contributed by atoms with Crippen LogP contribution in [0.25, 0.3) is 0 Å². The number of piperidine rings is 1. The number of ether oxygens (including phenoxy) is 2. The summed E-state index contributed by atoms with van der Waals surface area (Å²) in [6, 6.07) is 5.94. The standard InChI is InChI=1S/C19H29NO4/c1-4-23-19(22)16-8-10-20(11-9-16)12-17(21)13-24-18-7-5-6-14(2)15(18)3/h5-7,16-17,21H,4,8-13H2,1-3H3/t17-/m0/s1. The van der Waals surface area contributed by atoms with Gasteiger partial charge >= 0.3 is 5.97 Å². The summed E-state index contributed by atoms with van der Waals surface area (Å²) in [6.07, 6.45) is 1.05. The predicted molar refractivity (Wildman–Crippen MR) is 93.2 cm³/mol. The van der Waals surface area contributed by atoms with Crippen LogP contribution >= 0.6 is 0 Å². The number of aliphatic hydroxyl groups excluding tert-OH is 1. The summed E-state index contributed by atoms with van der Waals surface area (Å²) < 4.78 is 10.8. The predicted octanol–water partition coefficient (Wildman–Crippen LogP) is 2.32. The van der Waals surface area contributed by atoms with Gasteiger partial charge in [-0.15, -0.1) is 0 Å². The minimum Gasteiger partial charge on any atom is -0.491 e. The number of nitrogens with zero attached hydrogens (tertiary/aromatic N) is 1. The van der Waals surface area contributed by atoms with Crippen LogP contribution in [0.1, 0.15) is 30.9 Å². The van der Waals surface area contributed by atoms with E-state index in [1.807, 2.05) is 39.0 Å². The minimum absolute atomic E-state index is 0.00420. The third-order valence-corrected chi connectivity index (χ3v) is 4.66. The quantitative estimate of drug-likeness (QED) is 0.775. The lowest BCUT2D eigenvalue weighted by Crippen LogP contribution is -2.42. The maximum atomic E-state index is 11.7. The topological polar surface area (TPSA) is 59.0 Å². The lowest BCUT2D eigenvalue weighted by Gasteiger charge is -2.32. The van der Waals surface area contributed by atoms with E-state index in [1.165, 1.54) is 5.56 Å². The van der Waals surface area contributed by atoms with E-state index in [4.69, 9.17) is 9.47 Å². The van der Waals surface area contributed by atoms with Gasteiger partial charge in [-0.3, -0.25) is 4.79 Å². The number of carbonyl (C=O) groups excluding carboxylic acids is 1. The molecule has 1 aliphatic rings. The molecule has 5 heteroatoms. The van der Waals surface area contributed by atoms with Crippen molar-refractivity contribution in [3.63, 3.8) is 0 Å². The van der Waals surface area contributed by atoms with E-state index < -0.39 is 6.10 Å². The number of β-amino-alcohol motifs (C(OH)–C–C–N with tert-alkyl or cyclic N) is 1. The van der Waals surface area contributed by atoms with Crippen LogP contribution in [0.4, 0.5) is 0 Å². The van der Waals surface area contributed by atoms with E-state index in [0.717, 1.165) is 37.2 Å². The first-order chi connectivity index (χ1) is 11.5. The van der Waals surface area contributed by atoms with E-state index in [9.17, 15) is 9.90 Å². The van der Waals surface area contributed by atoms with Gasteiger partial charge in [0.2, 0.25) is 0 Å². The third kappa shape index (κ3) is 5.21. The second kappa shape index (κ2) is 9.04. The maximum absolute atomic E-state index is 11.7. The Bertz CT molecular complexity index is 538. The van der Waals surface area contributed by atoms with Crippen molar-refractivity contribution in [2.75, 3.05) is 32.8 Å². The van der Waals surface area contributed by atoms with Crippen molar-refractivity contribution in [3.8, 4) is 5.75 Å².